The molecule has 0 bridgehead atoms. The molecule has 0 saturated carbocycles. The van der Waals surface area contributed by atoms with Crippen molar-refractivity contribution in [1.29, 1.82) is 0 Å². The zero-order valence-electron chi connectivity index (χ0n) is 10.6. The van der Waals surface area contributed by atoms with Gasteiger partial charge in [0.15, 0.2) is 0 Å². The topological polar surface area (TPSA) is 75.3 Å². The highest BCUT2D eigenvalue weighted by Gasteiger charge is 2.18. The van der Waals surface area contributed by atoms with E-state index >= 15 is 0 Å². The van der Waals surface area contributed by atoms with Crippen LogP contribution in [0.3, 0.4) is 0 Å². The molecule has 2 aromatic carbocycles. The Morgan fingerprint density at radius 2 is 1.80 bits per heavy atom. The fourth-order valence-corrected chi connectivity index (χ4v) is 1.80. The maximum Gasteiger partial charge on any atom is 0.340 e. The van der Waals surface area contributed by atoms with Crippen molar-refractivity contribution in [3.63, 3.8) is 0 Å². The zero-order valence-corrected chi connectivity index (χ0v) is 10.6. The number of anilines is 3. The molecule has 6 heteroatoms. The molecule has 4 nitrogen and oxygen atoms in total. The van der Waals surface area contributed by atoms with E-state index in [1.54, 1.807) is 13.0 Å². The van der Waals surface area contributed by atoms with Crippen LogP contribution in [0.2, 0.25) is 0 Å². The van der Waals surface area contributed by atoms with Crippen molar-refractivity contribution in [1.82, 2.24) is 0 Å². The highest BCUT2D eigenvalue weighted by Crippen LogP contribution is 2.29. The van der Waals surface area contributed by atoms with Crippen LogP contribution in [-0.2, 0) is 0 Å². The van der Waals surface area contributed by atoms with Crippen molar-refractivity contribution < 1.29 is 18.7 Å². The highest BCUT2D eigenvalue weighted by atomic mass is 19.1. The van der Waals surface area contributed by atoms with E-state index in [1.165, 1.54) is 18.2 Å². The summed E-state index contributed by atoms with van der Waals surface area (Å²) in [6, 6.07) is 6.66. The number of rotatable bonds is 3. The molecule has 0 aliphatic carbocycles. The molecule has 0 fully saturated rings. The van der Waals surface area contributed by atoms with E-state index in [0.717, 1.165) is 11.6 Å². The summed E-state index contributed by atoms with van der Waals surface area (Å²) in [5.74, 6) is -2.77. The van der Waals surface area contributed by atoms with Crippen LogP contribution >= 0.6 is 0 Å². The summed E-state index contributed by atoms with van der Waals surface area (Å²) < 4.78 is 27.0. The van der Waals surface area contributed by atoms with Crippen molar-refractivity contribution >= 4 is 23.0 Å². The van der Waals surface area contributed by atoms with Crippen molar-refractivity contribution in [3.8, 4) is 0 Å². The Kier molecular flexibility index (Phi) is 3.56. The first-order chi connectivity index (χ1) is 9.40. The van der Waals surface area contributed by atoms with E-state index in [4.69, 9.17) is 10.8 Å². The minimum Gasteiger partial charge on any atom is -0.478 e. The van der Waals surface area contributed by atoms with Gasteiger partial charge in [0.25, 0.3) is 0 Å². The minimum atomic E-state index is -1.39. The second-order valence-electron chi connectivity index (χ2n) is 4.30. The second-order valence-corrected chi connectivity index (χ2v) is 4.30. The van der Waals surface area contributed by atoms with Gasteiger partial charge in [0.05, 0.1) is 17.1 Å². The number of aromatic carboxylic acids is 1. The van der Waals surface area contributed by atoms with Crippen LogP contribution in [0.25, 0.3) is 0 Å². The van der Waals surface area contributed by atoms with E-state index in [2.05, 4.69) is 5.32 Å². The zero-order chi connectivity index (χ0) is 14.9. The molecule has 2 rings (SSSR count). The number of aryl methyl sites for hydroxylation is 1. The molecule has 0 spiro atoms. The molecule has 0 atom stereocenters. The van der Waals surface area contributed by atoms with E-state index in [9.17, 15) is 13.6 Å². The summed E-state index contributed by atoms with van der Waals surface area (Å²) in [6.45, 7) is 1.73. The molecular weight excluding hydrogens is 266 g/mol. The monoisotopic (exact) mass is 278 g/mol. The van der Waals surface area contributed by atoms with E-state index in [1.807, 2.05) is 0 Å². The molecule has 4 N–H and O–H groups in total. The summed E-state index contributed by atoms with van der Waals surface area (Å²) in [4.78, 5) is 11.1. The highest BCUT2D eigenvalue weighted by molar-refractivity contribution is 6.00. The molecule has 0 unspecified atom stereocenters. The number of halogens is 2. The van der Waals surface area contributed by atoms with Gasteiger partial charge < -0.3 is 16.2 Å². The number of carboxylic acids is 1. The average Bonchev–Trinajstić information content (AvgIpc) is 2.36. The maximum absolute atomic E-state index is 13.7. The fraction of sp³-hybridized carbons (Fsp3) is 0.0714. The lowest BCUT2D eigenvalue weighted by Crippen LogP contribution is -2.09. The Bertz CT molecular complexity index is 687. The first-order valence-corrected chi connectivity index (χ1v) is 5.74. The van der Waals surface area contributed by atoms with Gasteiger partial charge in [-0.15, -0.1) is 0 Å². The van der Waals surface area contributed by atoms with Gasteiger partial charge in [-0.05, 0) is 36.8 Å². The molecule has 0 aliphatic heterocycles. The fourth-order valence-electron chi connectivity index (χ4n) is 1.80. The SMILES string of the molecule is Cc1ccc(Nc2ccc(F)c(N)c2C(=O)O)c(F)c1. The first-order valence-electron chi connectivity index (χ1n) is 5.74. The van der Waals surface area contributed by atoms with Crippen molar-refractivity contribution in [2.24, 2.45) is 0 Å². The molecule has 20 heavy (non-hydrogen) atoms. The Labute approximate surface area is 113 Å². The number of nitrogens with two attached hydrogens (primary N) is 1. The predicted molar refractivity (Wildman–Crippen MR) is 72.2 cm³/mol. The summed E-state index contributed by atoms with van der Waals surface area (Å²) in [5.41, 5.74) is 5.34. The minimum absolute atomic E-state index is 0.0270. The molecule has 0 amide bonds. The summed E-state index contributed by atoms with van der Waals surface area (Å²) in [6.07, 6.45) is 0. The smallest absolute Gasteiger partial charge is 0.340 e. The van der Waals surface area contributed by atoms with Crippen LogP contribution in [0.1, 0.15) is 15.9 Å². The number of carboxylic acid groups (broad SMARTS) is 1. The quantitative estimate of drug-likeness (QED) is 0.753. The van der Waals surface area contributed by atoms with Gasteiger partial charge >= 0.3 is 5.97 Å². The lowest BCUT2D eigenvalue weighted by Gasteiger charge is -2.13. The molecule has 0 aromatic heterocycles. The number of benzene rings is 2. The van der Waals surface area contributed by atoms with Crippen LogP contribution in [-0.4, -0.2) is 11.1 Å². The number of hydrogen-bond donors (Lipinski definition) is 3. The molecule has 0 aliphatic rings. The van der Waals surface area contributed by atoms with Gasteiger partial charge in [-0.25, -0.2) is 13.6 Å². The van der Waals surface area contributed by atoms with E-state index in [-0.39, 0.29) is 11.4 Å². The maximum atomic E-state index is 13.7. The van der Waals surface area contributed by atoms with Crippen LogP contribution in [0, 0.1) is 18.6 Å². The summed E-state index contributed by atoms with van der Waals surface area (Å²) in [7, 11) is 0. The van der Waals surface area contributed by atoms with Gasteiger partial charge in [-0.3, -0.25) is 0 Å². The third-order valence-corrected chi connectivity index (χ3v) is 2.80. The van der Waals surface area contributed by atoms with Crippen molar-refractivity contribution in [3.05, 3.63) is 53.1 Å². The summed E-state index contributed by atoms with van der Waals surface area (Å²) >= 11 is 0. The largest absolute Gasteiger partial charge is 0.478 e. The van der Waals surface area contributed by atoms with Crippen LogP contribution < -0.4 is 11.1 Å². The number of nitrogens with one attached hydrogen (secondary N) is 1. The Hall–Kier alpha value is -2.63. The normalized spacial score (nSPS) is 10.3. The Morgan fingerprint density at radius 3 is 2.40 bits per heavy atom. The summed E-state index contributed by atoms with van der Waals surface area (Å²) in [5, 5.41) is 11.7. The van der Waals surface area contributed by atoms with Crippen LogP contribution in [0.15, 0.2) is 30.3 Å². The lowest BCUT2D eigenvalue weighted by atomic mass is 10.1. The Morgan fingerprint density at radius 1 is 1.15 bits per heavy atom. The van der Waals surface area contributed by atoms with Crippen molar-refractivity contribution in [2.75, 3.05) is 11.1 Å². The average molecular weight is 278 g/mol. The predicted octanol–water partition coefficient (Wildman–Crippen LogP) is 3.30. The number of carbonyl (C=O) groups is 1. The van der Waals surface area contributed by atoms with Gasteiger partial charge in [0, 0.05) is 0 Å². The lowest BCUT2D eigenvalue weighted by molar-refractivity contribution is 0.0698. The molecule has 104 valence electrons. The van der Waals surface area contributed by atoms with E-state index in [0.29, 0.717) is 0 Å². The standard InChI is InChI=1S/C14H12F2N2O2/c1-7-2-4-10(9(16)6-7)18-11-5-3-8(15)13(17)12(11)14(19)20/h2-6,18H,17H2,1H3,(H,19,20). The van der Waals surface area contributed by atoms with Crippen LogP contribution in [0.4, 0.5) is 25.8 Å². The molecule has 0 radical (unpaired) electrons. The van der Waals surface area contributed by atoms with Gasteiger partial charge in [-0.1, -0.05) is 6.07 Å². The van der Waals surface area contributed by atoms with Gasteiger partial charge in [-0.2, -0.15) is 0 Å². The third kappa shape index (κ3) is 2.54. The molecular formula is C14H12F2N2O2. The second kappa shape index (κ2) is 5.16. The number of nitrogen functional groups attached to an aromatic ring is 1. The number of hydrogen-bond acceptors (Lipinski definition) is 3. The van der Waals surface area contributed by atoms with Gasteiger partial charge in [0.2, 0.25) is 0 Å². The first kappa shape index (κ1) is 13.8. The Balaban J connectivity index is 2.48. The third-order valence-electron chi connectivity index (χ3n) is 2.80. The molecule has 2 aromatic rings. The van der Waals surface area contributed by atoms with E-state index < -0.39 is 28.9 Å². The van der Waals surface area contributed by atoms with Crippen molar-refractivity contribution in [2.45, 2.75) is 6.92 Å². The molecule has 0 heterocycles. The molecule has 0 saturated heterocycles. The van der Waals surface area contributed by atoms with Crippen LogP contribution in [0.5, 0.6) is 0 Å². The van der Waals surface area contributed by atoms with Gasteiger partial charge in [0.1, 0.15) is 17.2 Å².